The van der Waals surface area contributed by atoms with Crippen LogP contribution in [-0.2, 0) is 17.4 Å². The summed E-state index contributed by atoms with van der Waals surface area (Å²) in [5.41, 5.74) is 1.15. The fourth-order valence-electron chi connectivity index (χ4n) is 3.94. The van der Waals surface area contributed by atoms with E-state index >= 15 is 0 Å². The van der Waals surface area contributed by atoms with E-state index in [4.69, 9.17) is 0 Å². The topological polar surface area (TPSA) is 70.0 Å². The molecule has 32 heavy (non-hydrogen) atoms. The van der Waals surface area contributed by atoms with Crippen molar-refractivity contribution < 1.29 is 9.32 Å². The summed E-state index contributed by atoms with van der Waals surface area (Å²) in [6, 6.07) is 9.99. The van der Waals surface area contributed by atoms with Crippen molar-refractivity contribution in [2.24, 2.45) is 5.18 Å². The molecule has 0 fully saturated rings. The fourth-order valence-corrected chi connectivity index (χ4v) is 5.24. The average Bonchev–Trinajstić information content (AvgIpc) is 2.82. The fraction of sp³-hybridized carbons (Fsp3) is 0.769. The molecule has 0 heterocycles. The maximum atomic E-state index is 12.7. The zero-order valence-corrected chi connectivity index (χ0v) is 21.1. The Morgan fingerprint density at radius 1 is 0.844 bits per heavy atom. The van der Waals surface area contributed by atoms with Gasteiger partial charge in [0, 0.05) is 12.3 Å². The van der Waals surface area contributed by atoms with Crippen molar-refractivity contribution in [1.82, 2.24) is 4.31 Å². The van der Waals surface area contributed by atoms with Crippen molar-refractivity contribution in [3.63, 3.8) is 0 Å². The Hall–Kier alpha value is -1.11. The summed E-state index contributed by atoms with van der Waals surface area (Å²) in [5.74, 6) is 0.582. The monoisotopic (exact) mass is 466 g/mol. The molecule has 0 aliphatic rings. The number of unbranched alkanes of at least 4 members (excludes halogenated alkanes) is 13. The molecule has 2 atom stereocenters. The van der Waals surface area contributed by atoms with Gasteiger partial charge in [-0.15, -0.1) is 4.91 Å². The number of aliphatic hydroxyl groups excluding tert-OH is 1. The molecule has 1 aromatic carbocycles. The highest BCUT2D eigenvalue weighted by Crippen LogP contribution is 2.13. The summed E-state index contributed by atoms with van der Waals surface area (Å²) in [6.07, 6.45) is 17.6. The lowest BCUT2D eigenvalue weighted by Crippen LogP contribution is -2.36. The highest BCUT2D eigenvalue weighted by Gasteiger charge is 2.17. The van der Waals surface area contributed by atoms with Crippen LogP contribution in [0.3, 0.4) is 0 Å². The first kappa shape index (κ1) is 28.9. The highest BCUT2D eigenvalue weighted by atomic mass is 32.2. The van der Waals surface area contributed by atoms with Gasteiger partial charge in [0.05, 0.1) is 17.5 Å². The maximum Gasteiger partial charge on any atom is 0.200 e. The Labute approximate surface area is 198 Å². The molecule has 184 valence electrons. The van der Waals surface area contributed by atoms with E-state index in [0.717, 1.165) is 24.8 Å². The van der Waals surface area contributed by atoms with Gasteiger partial charge in [0.15, 0.2) is 0 Å². The van der Waals surface area contributed by atoms with E-state index in [1.54, 1.807) is 4.31 Å². The summed E-state index contributed by atoms with van der Waals surface area (Å²) in [4.78, 5) is 10.6. The molecule has 0 saturated carbocycles. The lowest BCUT2D eigenvalue weighted by molar-refractivity contribution is 0.155. The molecule has 0 aromatic heterocycles. The lowest BCUT2D eigenvalue weighted by Gasteiger charge is -2.21. The van der Waals surface area contributed by atoms with Gasteiger partial charge in [0.1, 0.15) is 0 Å². The van der Waals surface area contributed by atoms with Crippen LogP contribution in [0, 0.1) is 4.91 Å². The van der Waals surface area contributed by atoms with E-state index in [2.05, 4.69) is 12.1 Å². The number of aliphatic hydroxyl groups is 1. The second-order valence-corrected chi connectivity index (χ2v) is 10.4. The van der Waals surface area contributed by atoms with Crippen LogP contribution in [0.1, 0.15) is 102 Å². The number of nitroso groups, excluding NO2 is 1. The van der Waals surface area contributed by atoms with Crippen LogP contribution in [-0.4, -0.2) is 38.7 Å². The molecule has 0 amide bonds. The van der Waals surface area contributed by atoms with Gasteiger partial charge >= 0.3 is 0 Å². The smallest absolute Gasteiger partial charge is 0.200 e. The molecular weight excluding hydrogens is 420 g/mol. The van der Waals surface area contributed by atoms with Crippen molar-refractivity contribution in [1.29, 1.82) is 0 Å². The normalized spacial score (nSPS) is 13.3. The van der Waals surface area contributed by atoms with Gasteiger partial charge in [-0.25, -0.2) is 8.51 Å². The van der Waals surface area contributed by atoms with E-state index in [-0.39, 0.29) is 6.54 Å². The summed E-state index contributed by atoms with van der Waals surface area (Å²) >= 11 is 0. The number of hydrogen-bond acceptors (Lipinski definition) is 4. The maximum absolute atomic E-state index is 12.7. The second kappa shape index (κ2) is 20.5. The molecule has 0 aliphatic carbocycles. The predicted molar refractivity (Wildman–Crippen MR) is 137 cm³/mol. The SMILES string of the molecule is CCCCCCCCCCCCCCCCS(=O)N(CCc1ccccc1)CC(O)N=O. The molecule has 1 rings (SSSR count). The average molecular weight is 467 g/mol. The van der Waals surface area contributed by atoms with Gasteiger partial charge in [0.2, 0.25) is 6.23 Å². The van der Waals surface area contributed by atoms with Crippen LogP contribution in [0.15, 0.2) is 35.5 Å². The Bertz CT molecular complexity index is 586. The third kappa shape index (κ3) is 15.7. The zero-order valence-electron chi connectivity index (χ0n) is 20.3. The first-order chi connectivity index (χ1) is 15.7. The van der Waals surface area contributed by atoms with Crippen LogP contribution in [0.2, 0.25) is 0 Å². The second-order valence-electron chi connectivity index (χ2n) is 8.83. The molecule has 0 aliphatic heterocycles. The Morgan fingerprint density at radius 3 is 1.84 bits per heavy atom. The van der Waals surface area contributed by atoms with Gasteiger partial charge in [-0.1, -0.05) is 121 Å². The number of rotatable bonds is 22. The largest absolute Gasteiger partial charge is 0.368 e. The van der Waals surface area contributed by atoms with E-state index in [1.165, 1.54) is 77.0 Å². The minimum atomic E-state index is -1.33. The van der Waals surface area contributed by atoms with E-state index in [9.17, 15) is 14.2 Å². The Morgan fingerprint density at radius 2 is 1.34 bits per heavy atom. The predicted octanol–water partition coefficient (Wildman–Crippen LogP) is 6.76. The van der Waals surface area contributed by atoms with Crippen molar-refractivity contribution >= 4 is 11.0 Å². The van der Waals surface area contributed by atoms with Gasteiger partial charge < -0.3 is 5.11 Å². The first-order valence-corrected chi connectivity index (χ1v) is 14.1. The van der Waals surface area contributed by atoms with Crippen LogP contribution < -0.4 is 0 Å². The summed E-state index contributed by atoms with van der Waals surface area (Å²) < 4.78 is 14.4. The van der Waals surface area contributed by atoms with Gasteiger partial charge in [-0.05, 0) is 23.6 Å². The molecule has 1 N–H and O–H groups in total. The van der Waals surface area contributed by atoms with Crippen molar-refractivity contribution in [3.8, 4) is 0 Å². The van der Waals surface area contributed by atoms with Crippen LogP contribution in [0.4, 0.5) is 0 Å². The summed E-state index contributed by atoms with van der Waals surface area (Å²) in [6.45, 7) is 2.84. The number of benzene rings is 1. The first-order valence-electron chi connectivity index (χ1n) is 12.8. The summed E-state index contributed by atoms with van der Waals surface area (Å²) in [5, 5.41) is 12.3. The van der Waals surface area contributed by atoms with Crippen molar-refractivity contribution in [2.75, 3.05) is 18.8 Å². The van der Waals surface area contributed by atoms with Crippen LogP contribution in [0.25, 0.3) is 0 Å². The minimum absolute atomic E-state index is 0.0293. The molecule has 0 radical (unpaired) electrons. The third-order valence-corrected chi connectivity index (χ3v) is 7.49. The Balaban J connectivity index is 2.09. The highest BCUT2D eigenvalue weighted by molar-refractivity contribution is 7.82. The lowest BCUT2D eigenvalue weighted by atomic mass is 10.0. The molecule has 0 bridgehead atoms. The van der Waals surface area contributed by atoms with Crippen LogP contribution in [0.5, 0.6) is 0 Å². The van der Waals surface area contributed by atoms with E-state index < -0.39 is 17.2 Å². The third-order valence-electron chi connectivity index (χ3n) is 5.94. The molecule has 0 saturated heterocycles. The van der Waals surface area contributed by atoms with Crippen LogP contribution >= 0.6 is 0 Å². The quantitative estimate of drug-likeness (QED) is 0.152. The molecule has 5 nitrogen and oxygen atoms in total. The molecule has 1 aromatic rings. The molecule has 0 spiro atoms. The zero-order chi connectivity index (χ0) is 23.3. The van der Waals surface area contributed by atoms with Gasteiger partial charge in [-0.2, -0.15) is 0 Å². The molecule has 2 unspecified atom stereocenters. The number of hydrogen-bond donors (Lipinski definition) is 1. The van der Waals surface area contributed by atoms with E-state index in [0.29, 0.717) is 12.3 Å². The van der Waals surface area contributed by atoms with Crippen molar-refractivity contribution in [3.05, 3.63) is 40.8 Å². The minimum Gasteiger partial charge on any atom is -0.368 e. The number of nitrogens with zero attached hydrogens (tertiary/aromatic N) is 2. The standard InChI is InChI=1S/C26H46N2O3S/c1-2-3-4-5-6-7-8-9-10-11-12-13-14-18-23-32(31)28(24-26(29)27-30)22-21-25-19-16-15-17-20-25/h15-17,19-20,26,29H,2-14,18,21-24H2,1H3. The molecule has 6 heteroatoms. The Kier molecular flexibility index (Phi) is 18.5. The van der Waals surface area contributed by atoms with Gasteiger partial charge in [-0.3, -0.25) is 0 Å². The summed E-state index contributed by atoms with van der Waals surface area (Å²) in [7, 11) is -1.20. The van der Waals surface area contributed by atoms with Gasteiger partial charge in [0.25, 0.3) is 0 Å². The van der Waals surface area contributed by atoms with Crippen molar-refractivity contribution in [2.45, 2.75) is 109 Å². The molecular formula is C26H46N2O3S. The van der Waals surface area contributed by atoms with E-state index in [1.807, 2.05) is 30.3 Å².